The first-order valence-electron chi connectivity index (χ1n) is 7.07. The minimum absolute atomic E-state index is 0.683. The molecular formula is C15H23N3. The van der Waals surface area contributed by atoms with Gasteiger partial charge in [-0.1, -0.05) is 0 Å². The fraction of sp³-hybridized carbons (Fsp3) is 0.667. The van der Waals surface area contributed by atoms with Crippen LogP contribution in [0.25, 0.3) is 0 Å². The van der Waals surface area contributed by atoms with Crippen molar-refractivity contribution in [3.05, 3.63) is 30.1 Å². The molecule has 0 amide bonds. The van der Waals surface area contributed by atoms with E-state index < -0.39 is 0 Å². The second kappa shape index (κ2) is 4.98. The molecule has 2 aliphatic rings. The van der Waals surface area contributed by atoms with E-state index in [1.165, 1.54) is 44.3 Å². The van der Waals surface area contributed by atoms with Crippen molar-refractivity contribution >= 4 is 0 Å². The molecule has 0 aromatic carbocycles. The van der Waals surface area contributed by atoms with Crippen LogP contribution in [0.1, 0.15) is 31.2 Å². The summed E-state index contributed by atoms with van der Waals surface area (Å²) in [7, 11) is 2.26. The van der Waals surface area contributed by atoms with Crippen LogP contribution in [0.2, 0.25) is 0 Å². The highest BCUT2D eigenvalue weighted by Gasteiger charge is 2.45. The van der Waals surface area contributed by atoms with Gasteiger partial charge in [-0.25, -0.2) is 0 Å². The lowest BCUT2D eigenvalue weighted by atomic mass is 9.60. The molecule has 1 aliphatic heterocycles. The van der Waals surface area contributed by atoms with E-state index in [-0.39, 0.29) is 0 Å². The van der Waals surface area contributed by atoms with Gasteiger partial charge >= 0.3 is 0 Å². The van der Waals surface area contributed by atoms with Crippen LogP contribution < -0.4 is 5.32 Å². The Morgan fingerprint density at radius 3 is 2.61 bits per heavy atom. The van der Waals surface area contributed by atoms with Crippen LogP contribution in [-0.2, 0) is 6.54 Å². The van der Waals surface area contributed by atoms with Crippen LogP contribution >= 0.6 is 0 Å². The molecule has 3 rings (SSSR count). The second-order valence-corrected chi connectivity index (χ2v) is 6.08. The van der Waals surface area contributed by atoms with E-state index in [9.17, 15) is 0 Å². The first kappa shape index (κ1) is 12.1. The molecule has 0 unspecified atom stereocenters. The van der Waals surface area contributed by atoms with Gasteiger partial charge in [-0.3, -0.25) is 9.88 Å². The maximum Gasteiger partial charge on any atom is 0.0271 e. The highest BCUT2D eigenvalue weighted by molar-refractivity contribution is 5.10. The van der Waals surface area contributed by atoms with Crippen LogP contribution in [0.3, 0.4) is 0 Å². The maximum absolute atomic E-state index is 4.07. The molecule has 1 aromatic heterocycles. The zero-order valence-electron chi connectivity index (χ0n) is 11.2. The molecule has 3 heteroatoms. The highest BCUT2D eigenvalue weighted by atomic mass is 15.1. The molecule has 98 valence electrons. The Labute approximate surface area is 110 Å². The fourth-order valence-electron chi connectivity index (χ4n) is 3.52. The minimum Gasteiger partial charge on any atom is -0.317 e. The van der Waals surface area contributed by atoms with Crippen molar-refractivity contribution in [2.75, 3.05) is 20.1 Å². The molecule has 1 saturated carbocycles. The number of pyridine rings is 1. The fourth-order valence-corrected chi connectivity index (χ4v) is 3.52. The quantitative estimate of drug-likeness (QED) is 0.883. The van der Waals surface area contributed by atoms with Crippen molar-refractivity contribution in [1.29, 1.82) is 0 Å². The van der Waals surface area contributed by atoms with Gasteiger partial charge in [0.25, 0.3) is 0 Å². The molecule has 2 heterocycles. The van der Waals surface area contributed by atoms with E-state index in [2.05, 4.69) is 34.4 Å². The van der Waals surface area contributed by atoms with Crippen molar-refractivity contribution in [3.8, 4) is 0 Å². The zero-order valence-corrected chi connectivity index (χ0v) is 11.2. The Kier molecular flexibility index (Phi) is 3.35. The Morgan fingerprint density at radius 2 is 1.94 bits per heavy atom. The summed E-state index contributed by atoms with van der Waals surface area (Å²) in [5, 5.41) is 3.47. The molecule has 0 atom stereocenters. The van der Waals surface area contributed by atoms with E-state index in [4.69, 9.17) is 0 Å². The zero-order chi connectivity index (χ0) is 12.4. The van der Waals surface area contributed by atoms with Gasteiger partial charge in [0, 0.05) is 25.0 Å². The smallest absolute Gasteiger partial charge is 0.0271 e. The van der Waals surface area contributed by atoms with Gasteiger partial charge in [0.15, 0.2) is 0 Å². The summed E-state index contributed by atoms with van der Waals surface area (Å²) in [5.41, 5.74) is 2.06. The molecular weight excluding hydrogens is 222 g/mol. The number of hydrogen-bond acceptors (Lipinski definition) is 3. The van der Waals surface area contributed by atoms with E-state index in [1.807, 2.05) is 12.4 Å². The lowest BCUT2D eigenvalue weighted by Gasteiger charge is -2.53. The normalized spacial score (nSPS) is 23.2. The van der Waals surface area contributed by atoms with E-state index in [1.54, 1.807) is 0 Å². The lowest BCUT2D eigenvalue weighted by molar-refractivity contribution is -0.0130. The van der Waals surface area contributed by atoms with Gasteiger partial charge in [0.2, 0.25) is 0 Å². The molecule has 2 fully saturated rings. The molecule has 0 radical (unpaired) electrons. The molecule has 1 spiro atoms. The van der Waals surface area contributed by atoms with E-state index in [0.717, 1.165) is 12.6 Å². The predicted molar refractivity (Wildman–Crippen MR) is 73.3 cm³/mol. The van der Waals surface area contributed by atoms with E-state index in [0.29, 0.717) is 5.41 Å². The highest BCUT2D eigenvalue weighted by Crippen LogP contribution is 2.49. The molecule has 18 heavy (non-hydrogen) atoms. The van der Waals surface area contributed by atoms with Crippen LogP contribution in [0.4, 0.5) is 0 Å². The van der Waals surface area contributed by atoms with Crippen LogP contribution in [0.5, 0.6) is 0 Å². The molecule has 1 aromatic rings. The molecule has 1 saturated heterocycles. The van der Waals surface area contributed by atoms with Gasteiger partial charge in [-0.2, -0.15) is 0 Å². The number of hydrogen-bond donors (Lipinski definition) is 1. The SMILES string of the molecule is CN(Cc1ccncc1)C1CC2(CCNCC2)C1. The Balaban J connectivity index is 1.52. The maximum atomic E-state index is 4.07. The van der Waals surface area contributed by atoms with E-state index >= 15 is 0 Å². The number of aromatic nitrogens is 1. The molecule has 1 N–H and O–H groups in total. The van der Waals surface area contributed by atoms with Crippen LogP contribution in [-0.4, -0.2) is 36.1 Å². The first-order chi connectivity index (χ1) is 8.77. The second-order valence-electron chi connectivity index (χ2n) is 6.08. The van der Waals surface area contributed by atoms with Gasteiger partial charge in [-0.15, -0.1) is 0 Å². The van der Waals surface area contributed by atoms with Crippen molar-refractivity contribution in [2.45, 2.75) is 38.3 Å². The van der Waals surface area contributed by atoms with Crippen LogP contribution in [0.15, 0.2) is 24.5 Å². The Hall–Kier alpha value is -0.930. The molecule has 3 nitrogen and oxygen atoms in total. The Morgan fingerprint density at radius 1 is 1.28 bits per heavy atom. The number of nitrogens with zero attached hydrogens (tertiary/aromatic N) is 2. The molecule has 0 bridgehead atoms. The number of nitrogens with one attached hydrogen (secondary N) is 1. The third kappa shape index (κ3) is 2.43. The van der Waals surface area contributed by atoms with Crippen molar-refractivity contribution in [1.82, 2.24) is 15.2 Å². The largest absolute Gasteiger partial charge is 0.317 e. The predicted octanol–water partition coefficient (Wildman–Crippen LogP) is 2.05. The minimum atomic E-state index is 0.683. The first-order valence-corrected chi connectivity index (χ1v) is 7.07. The topological polar surface area (TPSA) is 28.2 Å². The number of piperidine rings is 1. The van der Waals surface area contributed by atoms with Crippen molar-refractivity contribution in [3.63, 3.8) is 0 Å². The third-order valence-electron chi connectivity index (χ3n) is 4.81. The summed E-state index contributed by atoms with van der Waals surface area (Å²) in [6.45, 7) is 3.50. The van der Waals surface area contributed by atoms with Crippen molar-refractivity contribution < 1.29 is 0 Å². The lowest BCUT2D eigenvalue weighted by Crippen LogP contribution is -2.53. The average molecular weight is 245 g/mol. The monoisotopic (exact) mass is 245 g/mol. The van der Waals surface area contributed by atoms with Gasteiger partial charge in [0.1, 0.15) is 0 Å². The average Bonchev–Trinajstić information content (AvgIpc) is 2.38. The van der Waals surface area contributed by atoms with Gasteiger partial charge in [0.05, 0.1) is 0 Å². The molecule has 1 aliphatic carbocycles. The summed E-state index contributed by atoms with van der Waals surface area (Å²) >= 11 is 0. The summed E-state index contributed by atoms with van der Waals surface area (Å²) in [5.74, 6) is 0. The van der Waals surface area contributed by atoms with Crippen LogP contribution in [0, 0.1) is 5.41 Å². The summed E-state index contributed by atoms with van der Waals surface area (Å²) in [6, 6.07) is 5.03. The van der Waals surface area contributed by atoms with Gasteiger partial charge in [-0.05, 0) is 68.9 Å². The van der Waals surface area contributed by atoms with Gasteiger partial charge < -0.3 is 5.32 Å². The Bertz CT molecular complexity index is 376. The summed E-state index contributed by atoms with van der Waals surface area (Å²) < 4.78 is 0. The van der Waals surface area contributed by atoms with Crippen molar-refractivity contribution in [2.24, 2.45) is 5.41 Å². The summed E-state index contributed by atoms with van der Waals surface area (Å²) in [4.78, 5) is 6.59. The number of rotatable bonds is 3. The standard InChI is InChI=1S/C15H23N3/c1-18(12-13-2-6-16-7-3-13)14-10-15(11-14)4-8-17-9-5-15/h2-3,6-7,14,17H,4-5,8-12H2,1H3. The summed E-state index contributed by atoms with van der Waals surface area (Å²) in [6.07, 6.45) is 9.34. The third-order valence-corrected chi connectivity index (χ3v) is 4.81.